The van der Waals surface area contributed by atoms with E-state index in [-0.39, 0.29) is 40.2 Å². The van der Waals surface area contributed by atoms with Crippen LogP contribution in [0, 0.1) is 22.7 Å². The molecular weight excluding hydrogens is 376 g/mol. The Labute approximate surface area is 167 Å². The third-order valence-corrected chi connectivity index (χ3v) is 7.73. The van der Waals surface area contributed by atoms with Crippen molar-refractivity contribution in [3.63, 3.8) is 0 Å². The van der Waals surface area contributed by atoms with Crippen LogP contribution in [0.3, 0.4) is 0 Å². The molecule has 1 spiro atoms. The van der Waals surface area contributed by atoms with Crippen molar-refractivity contribution in [3.8, 4) is 5.75 Å². The molecular formula is C20H24N4O3S. The van der Waals surface area contributed by atoms with Crippen molar-refractivity contribution < 1.29 is 14.7 Å². The molecule has 148 valence electrons. The lowest BCUT2D eigenvalue weighted by Gasteiger charge is -2.50. The molecule has 7 nitrogen and oxygen atoms in total. The second-order valence-corrected chi connectivity index (χ2v) is 10.2. The number of fused-ring (bicyclic) bond motifs is 1. The van der Waals surface area contributed by atoms with Crippen molar-refractivity contribution in [1.29, 1.82) is 0 Å². The van der Waals surface area contributed by atoms with E-state index >= 15 is 0 Å². The number of anilines is 1. The highest BCUT2D eigenvalue weighted by Gasteiger charge is 2.61. The standard InChI is InChI=1S/C20H24N4O3S/c1-19(2)5-12(19)18(27)24-8-20(9-24)7-23(6-13(20)17(21)26)15-4-11(25)3-14-16(15)28-10-22-14/h3-4,10,12-13,25H,5-9H2,1-2H3,(H2,21,26)/t12-,13?/m1/s1. The fourth-order valence-corrected chi connectivity index (χ4v) is 5.83. The third kappa shape index (κ3) is 2.50. The lowest BCUT2D eigenvalue weighted by atomic mass is 9.71. The van der Waals surface area contributed by atoms with Crippen LogP contribution in [0.4, 0.5) is 5.69 Å². The number of nitrogens with two attached hydrogens (primary N) is 1. The maximum atomic E-state index is 12.7. The Balaban J connectivity index is 1.40. The highest BCUT2D eigenvalue weighted by atomic mass is 32.1. The van der Waals surface area contributed by atoms with Gasteiger partial charge in [-0.15, -0.1) is 11.3 Å². The van der Waals surface area contributed by atoms with Gasteiger partial charge in [-0.05, 0) is 11.8 Å². The van der Waals surface area contributed by atoms with Crippen LogP contribution in [0.15, 0.2) is 17.6 Å². The number of hydrogen-bond acceptors (Lipinski definition) is 6. The molecule has 2 aliphatic heterocycles. The summed E-state index contributed by atoms with van der Waals surface area (Å²) >= 11 is 1.52. The number of aromatic nitrogens is 1. The fourth-order valence-electron chi connectivity index (χ4n) is 5.01. The second kappa shape index (κ2) is 5.59. The Bertz CT molecular complexity index is 994. The smallest absolute Gasteiger partial charge is 0.226 e. The van der Waals surface area contributed by atoms with Crippen molar-refractivity contribution in [2.24, 2.45) is 28.4 Å². The molecule has 3 heterocycles. The number of primary amides is 1. The number of hydrogen-bond donors (Lipinski definition) is 2. The summed E-state index contributed by atoms with van der Waals surface area (Å²) in [5, 5.41) is 10.1. The molecule has 2 saturated heterocycles. The lowest BCUT2D eigenvalue weighted by molar-refractivity contribution is -0.150. The van der Waals surface area contributed by atoms with E-state index in [1.165, 1.54) is 11.3 Å². The summed E-state index contributed by atoms with van der Waals surface area (Å²) in [7, 11) is 0. The van der Waals surface area contributed by atoms with E-state index < -0.39 is 0 Å². The summed E-state index contributed by atoms with van der Waals surface area (Å²) in [5.41, 5.74) is 8.94. The number of carbonyl (C=O) groups excluding carboxylic acids is 2. The minimum Gasteiger partial charge on any atom is -0.508 e. The molecule has 1 saturated carbocycles. The SMILES string of the molecule is CC1(C)C[C@@H]1C(=O)N1CC2(C1)CN(c1cc(O)cc3ncsc13)CC2C(N)=O. The van der Waals surface area contributed by atoms with Crippen LogP contribution >= 0.6 is 11.3 Å². The minimum absolute atomic E-state index is 0.101. The first kappa shape index (κ1) is 17.7. The molecule has 2 amide bonds. The molecule has 3 aliphatic rings. The highest BCUT2D eigenvalue weighted by molar-refractivity contribution is 7.17. The van der Waals surface area contributed by atoms with Gasteiger partial charge in [-0.3, -0.25) is 9.59 Å². The van der Waals surface area contributed by atoms with Gasteiger partial charge in [0.2, 0.25) is 11.8 Å². The van der Waals surface area contributed by atoms with Gasteiger partial charge >= 0.3 is 0 Å². The van der Waals surface area contributed by atoms with E-state index in [1.54, 1.807) is 17.6 Å². The van der Waals surface area contributed by atoms with Crippen molar-refractivity contribution in [2.45, 2.75) is 20.3 Å². The highest BCUT2D eigenvalue weighted by Crippen LogP contribution is 2.55. The molecule has 1 unspecified atom stereocenters. The number of amides is 2. The zero-order chi connectivity index (χ0) is 19.8. The topological polar surface area (TPSA) is 99.8 Å². The Morgan fingerprint density at radius 2 is 1.96 bits per heavy atom. The molecule has 2 aromatic rings. The summed E-state index contributed by atoms with van der Waals surface area (Å²) in [4.78, 5) is 33.3. The Morgan fingerprint density at radius 3 is 2.61 bits per heavy atom. The normalized spacial score (nSPS) is 27.2. The molecule has 0 bridgehead atoms. The van der Waals surface area contributed by atoms with Gasteiger partial charge in [0.1, 0.15) is 5.75 Å². The molecule has 8 heteroatoms. The Hall–Kier alpha value is -2.35. The monoisotopic (exact) mass is 400 g/mol. The molecule has 28 heavy (non-hydrogen) atoms. The van der Waals surface area contributed by atoms with Gasteiger partial charge in [0.15, 0.2) is 0 Å². The van der Waals surface area contributed by atoms with Gasteiger partial charge in [-0.25, -0.2) is 4.98 Å². The number of likely N-dealkylation sites (tertiary alicyclic amines) is 1. The first-order valence-corrected chi connectivity index (χ1v) is 10.5. The largest absolute Gasteiger partial charge is 0.508 e. The zero-order valence-electron chi connectivity index (χ0n) is 16.0. The predicted molar refractivity (Wildman–Crippen MR) is 107 cm³/mol. The summed E-state index contributed by atoms with van der Waals surface area (Å²) < 4.78 is 0.991. The van der Waals surface area contributed by atoms with Crippen LogP contribution < -0.4 is 10.6 Å². The van der Waals surface area contributed by atoms with Crippen molar-refractivity contribution in [3.05, 3.63) is 17.6 Å². The first-order chi connectivity index (χ1) is 13.2. The van der Waals surface area contributed by atoms with E-state index in [9.17, 15) is 14.7 Å². The number of carbonyl (C=O) groups is 2. The summed E-state index contributed by atoms with van der Waals surface area (Å²) in [6, 6.07) is 3.37. The number of thiazole rings is 1. The minimum atomic E-state index is -0.318. The molecule has 2 atom stereocenters. The van der Waals surface area contributed by atoms with Crippen LogP contribution in [0.5, 0.6) is 5.75 Å². The maximum Gasteiger partial charge on any atom is 0.226 e. The van der Waals surface area contributed by atoms with E-state index in [4.69, 9.17) is 5.73 Å². The van der Waals surface area contributed by atoms with Crippen molar-refractivity contribution in [2.75, 3.05) is 31.1 Å². The lowest BCUT2D eigenvalue weighted by Crippen LogP contribution is -2.64. The van der Waals surface area contributed by atoms with Crippen LogP contribution in [0.2, 0.25) is 0 Å². The second-order valence-electron chi connectivity index (χ2n) is 9.30. The number of phenols is 1. The van der Waals surface area contributed by atoms with Gasteiger partial charge in [-0.1, -0.05) is 13.8 Å². The van der Waals surface area contributed by atoms with Crippen LogP contribution in [0.1, 0.15) is 20.3 Å². The van der Waals surface area contributed by atoms with Gasteiger partial charge in [0.25, 0.3) is 0 Å². The molecule has 1 aliphatic carbocycles. The van der Waals surface area contributed by atoms with E-state index in [0.717, 1.165) is 22.3 Å². The first-order valence-electron chi connectivity index (χ1n) is 9.59. The number of benzene rings is 1. The van der Waals surface area contributed by atoms with Crippen molar-refractivity contribution >= 4 is 39.1 Å². The number of phenolic OH excluding ortho intramolecular Hbond substituents is 1. The van der Waals surface area contributed by atoms with Crippen LogP contribution in [-0.4, -0.2) is 53.0 Å². The van der Waals surface area contributed by atoms with Crippen molar-refractivity contribution in [1.82, 2.24) is 9.88 Å². The van der Waals surface area contributed by atoms with Gasteiger partial charge in [0, 0.05) is 49.6 Å². The van der Waals surface area contributed by atoms with Crippen LogP contribution in [0.25, 0.3) is 10.2 Å². The van der Waals surface area contributed by atoms with E-state index in [2.05, 4.69) is 23.7 Å². The average Bonchev–Trinajstić information content (AvgIpc) is 2.98. The Morgan fingerprint density at radius 1 is 1.25 bits per heavy atom. The van der Waals surface area contributed by atoms with Gasteiger partial charge in [0.05, 0.1) is 27.3 Å². The zero-order valence-corrected chi connectivity index (χ0v) is 16.8. The maximum absolute atomic E-state index is 12.7. The molecule has 0 radical (unpaired) electrons. The molecule has 1 aromatic heterocycles. The van der Waals surface area contributed by atoms with Gasteiger partial charge in [-0.2, -0.15) is 0 Å². The Kier molecular flexibility index (Phi) is 3.54. The van der Waals surface area contributed by atoms with E-state index in [0.29, 0.717) is 26.2 Å². The molecule has 3 N–H and O–H groups in total. The summed E-state index contributed by atoms with van der Waals surface area (Å²) in [6.45, 7) is 6.55. The molecule has 1 aromatic carbocycles. The average molecular weight is 401 g/mol. The molecule has 3 fully saturated rings. The summed E-state index contributed by atoms with van der Waals surface area (Å²) in [6.07, 6.45) is 0.938. The quantitative estimate of drug-likeness (QED) is 0.818. The molecule has 5 rings (SSSR count). The summed E-state index contributed by atoms with van der Waals surface area (Å²) in [5.74, 6) is -0.153. The third-order valence-electron chi connectivity index (χ3n) is 6.86. The predicted octanol–water partition coefficient (Wildman–Crippen LogP) is 1.80. The fraction of sp³-hybridized carbons (Fsp3) is 0.550. The van der Waals surface area contributed by atoms with Crippen LogP contribution in [-0.2, 0) is 9.59 Å². The number of nitrogens with zero attached hydrogens (tertiary/aromatic N) is 3. The number of aromatic hydroxyl groups is 1. The van der Waals surface area contributed by atoms with Gasteiger partial charge < -0.3 is 20.6 Å². The van der Waals surface area contributed by atoms with E-state index in [1.807, 2.05) is 4.90 Å². The number of rotatable bonds is 3.